The van der Waals surface area contributed by atoms with Crippen molar-refractivity contribution in [2.24, 2.45) is 0 Å². The summed E-state index contributed by atoms with van der Waals surface area (Å²) >= 11 is 0. The molecule has 8 nitrogen and oxygen atoms in total. The SMILES string of the molecule is COc1ccc(S(=O)(=O)N[C@@H](Cc2ccccc2)C(=O)N2CCN(C(c3ccccc3)c3ccccc3)CC2)cc1OC. The van der Waals surface area contributed by atoms with E-state index in [4.69, 9.17) is 9.47 Å². The number of amides is 1. The first-order chi connectivity index (χ1) is 20.9. The number of sulfonamides is 1. The summed E-state index contributed by atoms with van der Waals surface area (Å²) in [6, 6.07) is 33.6. The van der Waals surface area contributed by atoms with Crippen LogP contribution >= 0.6 is 0 Å². The normalized spacial score (nSPS) is 14.8. The number of nitrogens with one attached hydrogen (secondary N) is 1. The van der Waals surface area contributed by atoms with E-state index in [1.807, 2.05) is 66.7 Å². The second-order valence-electron chi connectivity index (χ2n) is 10.5. The highest BCUT2D eigenvalue weighted by Crippen LogP contribution is 2.31. The molecule has 4 aromatic rings. The Morgan fingerprint density at radius 3 is 1.81 bits per heavy atom. The van der Waals surface area contributed by atoms with E-state index < -0.39 is 16.1 Å². The van der Waals surface area contributed by atoms with Gasteiger partial charge in [0.1, 0.15) is 6.04 Å². The molecule has 1 aliphatic heterocycles. The van der Waals surface area contributed by atoms with Gasteiger partial charge in [0.15, 0.2) is 11.5 Å². The number of carbonyl (C=O) groups excluding carboxylic acids is 1. The maximum Gasteiger partial charge on any atom is 0.241 e. The summed E-state index contributed by atoms with van der Waals surface area (Å²) in [5.41, 5.74) is 3.25. The molecule has 0 aliphatic carbocycles. The zero-order valence-electron chi connectivity index (χ0n) is 24.4. The van der Waals surface area contributed by atoms with Gasteiger partial charge in [-0.25, -0.2) is 8.42 Å². The Labute approximate surface area is 253 Å². The summed E-state index contributed by atoms with van der Waals surface area (Å²) in [5.74, 6) is 0.461. The van der Waals surface area contributed by atoms with Gasteiger partial charge in [-0.05, 0) is 35.2 Å². The average Bonchev–Trinajstić information content (AvgIpc) is 3.05. The van der Waals surface area contributed by atoms with Crippen LogP contribution in [0.3, 0.4) is 0 Å². The summed E-state index contributed by atoms with van der Waals surface area (Å²) in [7, 11) is -1.13. The van der Waals surface area contributed by atoms with E-state index in [1.54, 1.807) is 4.90 Å². The maximum atomic E-state index is 14.0. The number of methoxy groups -OCH3 is 2. The third-order valence-electron chi connectivity index (χ3n) is 7.77. The average molecular weight is 600 g/mol. The van der Waals surface area contributed by atoms with Crippen LogP contribution in [0.4, 0.5) is 0 Å². The molecule has 9 heteroatoms. The maximum absolute atomic E-state index is 14.0. The summed E-state index contributed by atoms with van der Waals surface area (Å²) in [6.07, 6.45) is 0.225. The predicted molar refractivity (Wildman–Crippen MR) is 167 cm³/mol. The smallest absolute Gasteiger partial charge is 0.241 e. The van der Waals surface area contributed by atoms with Gasteiger partial charge in [-0.3, -0.25) is 9.69 Å². The molecular formula is C34H37N3O5S. The topological polar surface area (TPSA) is 88.2 Å². The molecule has 1 heterocycles. The number of carbonyl (C=O) groups is 1. The van der Waals surface area contributed by atoms with Crippen LogP contribution in [0.25, 0.3) is 0 Å². The number of hydrogen-bond donors (Lipinski definition) is 1. The van der Waals surface area contributed by atoms with Crippen molar-refractivity contribution in [3.8, 4) is 11.5 Å². The first-order valence-electron chi connectivity index (χ1n) is 14.3. The molecule has 0 aromatic heterocycles. The van der Waals surface area contributed by atoms with E-state index in [1.165, 1.54) is 43.5 Å². The van der Waals surface area contributed by atoms with Crippen molar-refractivity contribution in [1.82, 2.24) is 14.5 Å². The number of nitrogens with zero attached hydrogens (tertiary/aromatic N) is 2. The number of benzene rings is 4. The van der Waals surface area contributed by atoms with E-state index >= 15 is 0 Å². The monoisotopic (exact) mass is 599 g/mol. The minimum Gasteiger partial charge on any atom is -0.493 e. The molecule has 1 N–H and O–H groups in total. The van der Waals surface area contributed by atoms with Crippen LogP contribution in [0.1, 0.15) is 22.7 Å². The number of hydrogen-bond acceptors (Lipinski definition) is 6. The van der Waals surface area contributed by atoms with Crippen molar-refractivity contribution in [2.45, 2.75) is 23.4 Å². The predicted octanol–water partition coefficient (Wildman–Crippen LogP) is 4.53. The van der Waals surface area contributed by atoms with E-state index in [0.29, 0.717) is 37.7 Å². The van der Waals surface area contributed by atoms with Gasteiger partial charge in [0.25, 0.3) is 0 Å². The lowest BCUT2D eigenvalue weighted by Gasteiger charge is -2.40. The summed E-state index contributed by atoms with van der Waals surface area (Å²) in [5, 5.41) is 0. The zero-order valence-corrected chi connectivity index (χ0v) is 25.2. The van der Waals surface area contributed by atoms with Crippen LogP contribution in [0.5, 0.6) is 11.5 Å². The van der Waals surface area contributed by atoms with E-state index in [-0.39, 0.29) is 23.3 Å². The molecule has 0 unspecified atom stereocenters. The second-order valence-corrected chi connectivity index (χ2v) is 12.2. The Morgan fingerprint density at radius 1 is 0.744 bits per heavy atom. The van der Waals surface area contributed by atoms with Gasteiger partial charge in [-0.15, -0.1) is 0 Å². The molecular weight excluding hydrogens is 562 g/mol. The Morgan fingerprint density at radius 2 is 1.28 bits per heavy atom. The summed E-state index contributed by atoms with van der Waals surface area (Å²) in [6.45, 7) is 2.28. The fourth-order valence-electron chi connectivity index (χ4n) is 5.57. The fourth-order valence-corrected chi connectivity index (χ4v) is 6.78. The minimum atomic E-state index is -4.06. The molecule has 0 saturated carbocycles. The van der Waals surface area contributed by atoms with Gasteiger partial charge < -0.3 is 14.4 Å². The zero-order chi connectivity index (χ0) is 30.2. The highest BCUT2D eigenvalue weighted by molar-refractivity contribution is 7.89. The molecule has 1 aliphatic rings. The third-order valence-corrected chi connectivity index (χ3v) is 9.23. The largest absolute Gasteiger partial charge is 0.493 e. The Bertz CT molecular complexity index is 1550. The van der Waals surface area contributed by atoms with E-state index in [2.05, 4.69) is 33.9 Å². The van der Waals surface area contributed by atoms with Crippen LogP contribution in [0, 0.1) is 0 Å². The van der Waals surface area contributed by atoms with Gasteiger partial charge in [-0.1, -0.05) is 91.0 Å². The first kappa shape index (κ1) is 30.3. The van der Waals surface area contributed by atoms with Crippen molar-refractivity contribution in [2.75, 3.05) is 40.4 Å². The molecule has 0 spiro atoms. The lowest BCUT2D eigenvalue weighted by Crippen LogP contribution is -2.56. The highest BCUT2D eigenvalue weighted by Gasteiger charge is 2.33. The van der Waals surface area contributed by atoms with Crippen molar-refractivity contribution in [3.63, 3.8) is 0 Å². The van der Waals surface area contributed by atoms with Crippen LogP contribution in [-0.4, -0.2) is 70.6 Å². The number of rotatable bonds is 11. The molecule has 224 valence electrons. The third kappa shape index (κ3) is 7.25. The van der Waals surface area contributed by atoms with Crippen molar-refractivity contribution < 1.29 is 22.7 Å². The van der Waals surface area contributed by atoms with Crippen molar-refractivity contribution >= 4 is 15.9 Å². The van der Waals surface area contributed by atoms with Gasteiger partial charge in [0.05, 0.1) is 25.2 Å². The van der Waals surface area contributed by atoms with Gasteiger partial charge in [0.2, 0.25) is 15.9 Å². The minimum absolute atomic E-state index is 0.00519. The Hall–Kier alpha value is -4.18. The standard InChI is InChI=1S/C34H37N3O5S/c1-41-31-19-18-29(25-32(31)42-2)43(39,40)35-30(24-26-12-6-3-7-13-26)34(38)37-22-20-36(21-23-37)33(27-14-8-4-9-15-27)28-16-10-5-11-17-28/h3-19,25,30,33,35H,20-24H2,1-2H3/t30-/m0/s1. The van der Waals surface area contributed by atoms with Crippen LogP contribution in [0.15, 0.2) is 114 Å². The molecule has 5 rings (SSSR count). The van der Waals surface area contributed by atoms with Gasteiger partial charge >= 0.3 is 0 Å². The van der Waals surface area contributed by atoms with Crippen LogP contribution in [0.2, 0.25) is 0 Å². The molecule has 1 saturated heterocycles. The molecule has 0 radical (unpaired) electrons. The molecule has 1 amide bonds. The quantitative estimate of drug-likeness (QED) is 0.273. The van der Waals surface area contributed by atoms with Gasteiger partial charge in [0, 0.05) is 32.2 Å². The summed E-state index contributed by atoms with van der Waals surface area (Å²) in [4.78, 5) is 18.1. The molecule has 4 aromatic carbocycles. The number of ether oxygens (including phenoxy) is 2. The van der Waals surface area contributed by atoms with E-state index in [0.717, 1.165) is 5.56 Å². The molecule has 1 fully saturated rings. The number of piperazine rings is 1. The van der Waals surface area contributed by atoms with E-state index in [9.17, 15) is 13.2 Å². The Kier molecular flexibility index (Phi) is 9.76. The lowest BCUT2D eigenvalue weighted by molar-refractivity contribution is -0.135. The van der Waals surface area contributed by atoms with Crippen LogP contribution < -0.4 is 14.2 Å². The Balaban J connectivity index is 1.36. The highest BCUT2D eigenvalue weighted by atomic mass is 32.2. The molecule has 0 bridgehead atoms. The molecule has 1 atom stereocenters. The molecule has 43 heavy (non-hydrogen) atoms. The fraction of sp³-hybridized carbons (Fsp3) is 0.265. The van der Waals surface area contributed by atoms with Gasteiger partial charge in [-0.2, -0.15) is 4.72 Å². The van der Waals surface area contributed by atoms with Crippen LogP contribution in [-0.2, 0) is 21.2 Å². The lowest BCUT2D eigenvalue weighted by atomic mass is 9.96. The van der Waals surface area contributed by atoms with Crippen molar-refractivity contribution in [3.05, 3.63) is 126 Å². The first-order valence-corrected chi connectivity index (χ1v) is 15.8. The summed E-state index contributed by atoms with van der Waals surface area (Å²) < 4.78 is 40.4. The second kappa shape index (κ2) is 13.9. The van der Waals surface area contributed by atoms with Crippen molar-refractivity contribution in [1.29, 1.82) is 0 Å².